The second kappa shape index (κ2) is 15.6. The minimum absolute atomic E-state index is 0. The molecule has 11 heteroatoms. The van der Waals surface area contributed by atoms with Crippen LogP contribution in [0.5, 0.6) is 5.88 Å². The Bertz CT molecular complexity index is 563. The van der Waals surface area contributed by atoms with Crippen molar-refractivity contribution >= 4 is 29.9 Å². The van der Waals surface area contributed by atoms with Gasteiger partial charge in [0.25, 0.3) is 0 Å². The molecule has 0 saturated carbocycles. The summed E-state index contributed by atoms with van der Waals surface area (Å²) in [5.74, 6) is 0.537. The normalized spacial score (nSPS) is 11.7. The van der Waals surface area contributed by atoms with Crippen molar-refractivity contribution in [1.29, 1.82) is 0 Å². The van der Waals surface area contributed by atoms with Gasteiger partial charge in [-0.1, -0.05) is 0 Å². The molecule has 0 aliphatic rings. The van der Waals surface area contributed by atoms with Crippen LogP contribution in [0.1, 0.15) is 18.9 Å². The number of alkyl halides is 3. The number of guanidine groups is 1. The lowest BCUT2D eigenvalue weighted by Crippen LogP contribution is -2.38. The third-order valence-electron chi connectivity index (χ3n) is 3.14. The number of methoxy groups -OCH3 is 1. The molecule has 0 aromatic carbocycles. The molecule has 0 fully saturated rings. The van der Waals surface area contributed by atoms with Crippen LogP contribution in [0.2, 0.25) is 0 Å². The van der Waals surface area contributed by atoms with E-state index in [2.05, 4.69) is 25.3 Å². The van der Waals surface area contributed by atoms with Gasteiger partial charge in [-0.2, -0.15) is 13.2 Å². The van der Waals surface area contributed by atoms with Crippen LogP contribution in [-0.2, 0) is 16.0 Å². The van der Waals surface area contributed by atoms with Crippen molar-refractivity contribution < 1.29 is 27.4 Å². The first-order chi connectivity index (χ1) is 12.9. The molecular weight excluding hydrogens is 492 g/mol. The van der Waals surface area contributed by atoms with Gasteiger partial charge in [-0.25, -0.2) is 9.98 Å². The minimum atomic E-state index is -4.40. The Morgan fingerprint density at radius 1 is 1.21 bits per heavy atom. The summed E-state index contributed by atoms with van der Waals surface area (Å²) in [6.07, 6.45) is -2.20. The van der Waals surface area contributed by atoms with Gasteiger partial charge >= 0.3 is 6.18 Å². The molecule has 162 valence electrons. The van der Waals surface area contributed by atoms with Gasteiger partial charge in [-0.15, -0.1) is 24.0 Å². The molecule has 0 spiro atoms. The number of aliphatic imine (C=N–C) groups is 1. The Kier molecular flexibility index (Phi) is 14.8. The monoisotopic (exact) mass is 520 g/mol. The van der Waals surface area contributed by atoms with Crippen molar-refractivity contribution in [3.05, 3.63) is 23.9 Å². The second-order valence-electron chi connectivity index (χ2n) is 5.49. The smallest absolute Gasteiger partial charge is 0.422 e. The van der Waals surface area contributed by atoms with Gasteiger partial charge in [-0.3, -0.25) is 0 Å². The van der Waals surface area contributed by atoms with E-state index in [1.165, 1.54) is 12.3 Å². The highest BCUT2D eigenvalue weighted by molar-refractivity contribution is 14.0. The molecule has 0 aliphatic heterocycles. The fourth-order valence-electron chi connectivity index (χ4n) is 1.92. The van der Waals surface area contributed by atoms with E-state index >= 15 is 0 Å². The molecular formula is C17H28F3IN4O3. The van der Waals surface area contributed by atoms with Crippen LogP contribution in [0, 0.1) is 0 Å². The lowest BCUT2D eigenvalue weighted by Gasteiger charge is -2.12. The van der Waals surface area contributed by atoms with E-state index in [9.17, 15) is 13.2 Å². The Balaban J connectivity index is 0.00000729. The molecule has 1 heterocycles. The molecule has 1 aromatic heterocycles. The first kappa shape index (κ1) is 26.7. The Morgan fingerprint density at radius 3 is 2.68 bits per heavy atom. The highest BCUT2D eigenvalue weighted by Gasteiger charge is 2.28. The molecule has 0 saturated heterocycles. The number of pyridine rings is 1. The van der Waals surface area contributed by atoms with Crippen LogP contribution < -0.4 is 15.4 Å². The summed E-state index contributed by atoms with van der Waals surface area (Å²) in [6, 6.07) is 3.12. The molecule has 0 radical (unpaired) electrons. The lowest BCUT2D eigenvalue weighted by molar-refractivity contribution is -0.154. The first-order valence-corrected chi connectivity index (χ1v) is 8.68. The maximum absolute atomic E-state index is 12.2. The number of halogens is 4. The third kappa shape index (κ3) is 13.8. The van der Waals surface area contributed by atoms with Crippen molar-refractivity contribution in [3.8, 4) is 5.88 Å². The molecule has 2 N–H and O–H groups in total. The van der Waals surface area contributed by atoms with E-state index in [0.29, 0.717) is 44.4 Å². The molecule has 1 aromatic rings. The second-order valence-corrected chi connectivity index (χ2v) is 5.49. The number of ether oxygens (including phenoxy) is 3. The third-order valence-corrected chi connectivity index (χ3v) is 3.14. The van der Waals surface area contributed by atoms with Gasteiger partial charge in [-0.05, 0) is 25.0 Å². The quantitative estimate of drug-likeness (QED) is 0.191. The van der Waals surface area contributed by atoms with Gasteiger partial charge in [0.2, 0.25) is 5.88 Å². The van der Waals surface area contributed by atoms with Crippen molar-refractivity contribution in [2.45, 2.75) is 26.1 Å². The first-order valence-electron chi connectivity index (χ1n) is 8.68. The number of nitrogens with zero attached hydrogens (tertiary/aromatic N) is 2. The summed E-state index contributed by atoms with van der Waals surface area (Å²) in [5.41, 5.74) is 0.697. The van der Waals surface area contributed by atoms with E-state index in [1.54, 1.807) is 13.2 Å². The number of hydrogen-bond donors (Lipinski definition) is 2. The maximum Gasteiger partial charge on any atom is 0.422 e. The average molecular weight is 520 g/mol. The highest BCUT2D eigenvalue weighted by atomic mass is 127. The standard InChI is InChI=1S/C17H27F3N4O3.HI/c1-3-21-16(23-6-4-8-26-10-9-25-2)24-12-14-5-7-22-15(11-14)27-13-17(18,19)20;/h5,7,11H,3-4,6,8-10,12-13H2,1-2H3,(H2,21,23,24);1H. The predicted molar refractivity (Wildman–Crippen MR) is 111 cm³/mol. The zero-order chi connectivity index (χ0) is 20.0. The number of aromatic nitrogens is 1. The van der Waals surface area contributed by atoms with E-state index in [4.69, 9.17) is 9.47 Å². The van der Waals surface area contributed by atoms with Crippen molar-refractivity contribution in [2.24, 2.45) is 4.99 Å². The van der Waals surface area contributed by atoms with Crippen molar-refractivity contribution in [1.82, 2.24) is 15.6 Å². The SMILES string of the molecule is CCNC(=NCc1ccnc(OCC(F)(F)F)c1)NCCCOCCOC.I. The summed E-state index contributed by atoms with van der Waals surface area (Å²) >= 11 is 0. The van der Waals surface area contributed by atoms with Gasteiger partial charge in [0.15, 0.2) is 12.6 Å². The Labute approximate surface area is 180 Å². The zero-order valence-corrected chi connectivity index (χ0v) is 18.4. The molecule has 0 bridgehead atoms. The van der Waals surface area contributed by atoms with Gasteiger partial charge in [0, 0.05) is 39.1 Å². The molecule has 0 amide bonds. The minimum Gasteiger partial charge on any atom is -0.468 e. The molecule has 0 atom stereocenters. The topological polar surface area (TPSA) is 77.0 Å². The molecule has 7 nitrogen and oxygen atoms in total. The summed E-state index contributed by atoms with van der Waals surface area (Å²) in [4.78, 5) is 8.18. The summed E-state index contributed by atoms with van der Waals surface area (Å²) in [6.45, 7) is 3.96. The summed E-state index contributed by atoms with van der Waals surface area (Å²) in [7, 11) is 1.62. The van der Waals surface area contributed by atoms with Crippen LogP contribution in [0.15, 0.2) is 23.3 Å². The number of nitrogens with one attached hydrogen (secondary N) is 2. The largest absolute Gasteiger partial charge is 0.468 e. The fraction of sp³-hybridized carbons (Fsp3) is 0.647. The van der Waals surface area contributed by atoms with Gasteiger partial charge in [0.1, 0.15) is 0 Å². The van der Waals surface area contributed by atoms with Gasteiger partial charge in [0.05, 0.1) is 19.8 Å². The highest BCUT2D eigenvalue weighted by Crippen LogP contribution is 2.17. The summed E-state index contributed by atoms with van der Waals surface area (Å²) < 4.78 is 51.5. The zero-order valence-electron chi connectivity index (χ0n) is 16.1. The van der Waals surface area contributed by atoms with Crippen molar-refractivity contribution in [2.75, 3.05) is 46.6 Å². The summed E-state index contributed by atoms with van der Waals surface area (Å²) in [5, 5.41) is 6.28. The lowest BCUT2D eigenvalue weighted by atomic mass is 10.3. The predicted octanol–water partition coefficient (Wildman–Crippen LogP) is 2.75. The number of hydrogen-bond acceptors (Lipinski definition) is 5. The van der Waals surface area contributed by atoms with Crippen molar-refractivity contribution in [3.63, 3.8) is 0 Å². The molecule has 28 heavy (non-hydrogen) atoms. The van der Waals surface area contributed by atoms with Crippen LogP contribution in [0.4, 0.5) is 13.2 Å². The fourth-order valence-corrected chi connectivity index (χ4v) is 1.92. The molecule has 0 unspecified atom stereocenters. The Morgan fingerprint density at radius 2 is 2.00 bits per heavy atom. The van der Waals surface area contributed by atoms with Gasteiger partial charge < -0.3 is 24.8 Å². The van der Waals surface area contributed by atoms with Crippen LogP contribution in [-0.4, -0.2) is 63.7 Å². The molecule has 1 rings (SSSR count). The van der Waals surface area contributed by atoms with Crippen LogP contribution in [0.25, 0.3) is 0 Å². The molecule has 0 aliphatic carbocycles. The number of rotatable bonds is 12. The van der Waals surface area contributed by atoms with E-state index in [1.807, 2.05) is 6.92 Å². The van der Waals surface area contributed by atoms with Crippen LogP contribution in [0.3, 0.4) is 0 Å². The Hall–Kier alpha value is -1.34. The average Bonchev–Trinajstić information content (AvgIpc) is 2.63. The van der Waals surface area contributed by atoms with Crippen LogP contribution >= 0.6 is 24.0 Å². The van der Waals surface area contributed by atoms with E-state index in [0.717, 1.165) is 6.42 Å². The van der Waals surface area contributed by atoms with E-state index < -0.39 is 12.8 Å². The van der Waals surface area contributed by atoms with E-state index in [-0.39, 0.29) is 36.4 Å². The maximum atomic E-state index is 12.2.